The Morgan fingerprint density at radius 3 is 2.75 bits per heavy atom. The molecule has 1 aliphatic rings. The van der Waals surface area contributed by atoms with Crippen molar-refractivity contribution < 1.29 is 0 Å². The first-order valence-electron chi connectivity index (χ1n) is 5.21. The molecule has 1 rings (SSSR count). The summed E-state index contributed by atoms with van der Waals surface area (Å²) in [5.41, 5.74) is 0. The van der Waals surface area contributed by atoms with Gasteiger partial charge in [-0.25, -0.2) is 0 Å². The van der Waals surface area contributed by atoms with E-state index in [9.17, 15) is 0 Å². The summed E-state index contributed by atoms with van der Waals surface area (Å²) < 4.78 is 0. The first-order valence-corrected chi connectivity index (χ1v) is 5.21. The van der Waals surface area contributed by atoms with E-state index in [2.05, 4.69) is 31.3 Å². The van der Waals surface area contributed by atoms with E-state index in [0.717, 1.165) is 18.5 Å². The molecule has 1 unspecified atom stereocenters. The summed E-state index contributed by atoms with van der Waals surface area (Å²) in [7, 11) is 0. The SMILES string of the molecule is C/C=C/CNC(CC)CC1CC1. The zero-order valence-electron chi connectivity index (χ0n) is 8.34. The monoisotopic (exact) mass is 167 g/mol. The Bertz CT molecular complexity index is 136. The molecule has 0 aliphatic heterocycles. The molecule has 0 amide bonds. The van der Waals surface area contributed by atoms with Crippen LogP contribution in [-0.4, -0.2) is 12.6 Å². The molecule has 1 saturated carbocycles. The number of allylic oxidation sites excluding steroid dienone is 1. The van der Waals surface area contributed by atoms with Crippen molar-refractivity contribution in [2.24, 2.45) is 5.92 Å². The van der Waals surface area contributed by atoms with Gasteiger partial charge in [0.2, 0.25) is 0 Å². The van der Waals surface area contributed by atoms with E-state index >= 15 is 0 Å². The van der Waals surface area contributed by atoms with Crippen LogP contribution in [0.1, 0.15) is 39.5 Å². The smallest absolute Gasteiger partial charge is 0.0137 e. The molecular formula is C11H21N. The van der Waals surface area contributed by atoms with Crippen LogP contribution in [-0.2, 0) is 0 Å². The summed E-state index contributed by atoms with van der Waals surface area (Å²) in [5, 5.41) is 3.55. The molecule has 0 aromatic heterocycles. The van der Waals surface area contributed by atoms with Crippen LogP contribution in [0.2, 0.25) is 0 Å². The van der Waals surface area contributed by atoms with E-state index in [1.807, 2.05) is 0 Å². The maximum absolute atomic E-state index is 3.55. The minimum Gasteiger partial charge on any atom is -0.311 e. The van der Waals surface area contributed by atoms with Crippen LogP contribution < -0.4 is 5.32 Å². The van der Waals surface area contributed by atoms with Crippen molar-refractivity contribution >= 4 is 0 Å². The Morgan fingerprint density at radius 1 is 1.50 bits per heavy atom. The van der Waals surface area contributed by atoms with Gasteiger partial charge in [0, 0.05) is 12.6 Å². The lowest BCUT2D eigenvalue weighted by molar-refractivity contribution is 0.465. The molecule has 0 aromatic rings. The fourth-order valence-corrected chi connectivity index (χ4v) is 1.50. The van der Waals surface area contributed by atoms with Gasteiger partial charge in [-0.3, -0.25) is 0 Å². The van der Waals surface area contributed by atoms with Gasteiger partial charge < -0.3 is 5.32 Å². The molecule has 12 heavy (non-hydrogen) atoms. The van der Waals surface area contributed by atoms with E-state index in [1.165, 1.54) is 25.7 Å². The van der Waals surface area contributed by atoms with Crippen molar-refractivity contribution in [2.75, 3.05) is 6.54 Å². The van der Waals surface area contributed by atoms with E-state index in [0.29, 0.717) is 0 Å². The number of rotatable bonds is 6. The normalized spacial score (nSPS) is 20.2. The van der Waals surface area contributed by atoms with Crippen LogP contribution in [0.25, 0.3) is 0 Å². The van der Waals surface area contributed by atoms with Crippen LogP contribution in [0.4, 0.5) is 0 Å². The van der Waals surface area contributed by atoms with Gasteiger partial charge in [-0.15, -0.1) is 0 Å². The van der Waals surface area contributed by atoms with Gasteiger partial charge in [0.25, 0.3) is 0 Å². The molecule has 0 saturated heterocycles. The van der Waals surface area contributed by atoms with Gasteiger partial charge in [-0.2, -0.15) is 0 Å². The van der Waals surface area contributed by atoms with Crippen molar-refractivity contribution in [3.63, 3.8) is 0 Å². The van der Waals surface area contributed by atoms with Crippen LogP contribution >= 0.6 is 0 Å². The molecule has 0 bridgehead atoms. The third-order valence-electron chi connectivity index (χ3n) is 2.57. The fourth-order valence-electron chi connectivity index (χ4n) is 1.50. The molecule has 0 spiro atoms. The zero-order chi connectivity index (χ0) is 8.81. The van der Waals surface area contributed by atoms with Gasteiger partial charge >= 0.3 is 0 Å². The molecule has 1 N–H and O–H groups in total. The largest absolute Gasteiger partial charge is 0.311 e. The molecule has 0 aromatic carbocycles. The van der Waals surface area contributed by atoms with Crippen LogP contribution in [0.3, 0.4) is 0 Å². The predicted octanol–water partition coefficient (Wildman–Crippen LogP) is 2.73. The average molecular weight is 167 g/mol. The molecule has 1 aliphatic carbocycles. The standard InChI is InChI=1S/C11H21N/c1-3-5-8-12-11(4-2)9-10-6-7-10/h3,5,10-12H,4,6-9H2,1-2H3/b5-3+. The van der Waals surface area contributed by atoms with Crippen LogP contribution in [0.5, 0.6) is 0 Å². The number of hydrogen-bond donors (Lipinski definition) is 1. The number of nitrogens with one attached hydrogen (secondary N) is 1. The Labute approximate surface area is 76.2 Å². The van der Waals surface area contributed by atoms with E-state index in [1.54, 1.807) is 0 Å². The van der Waals surface area contributed by atoms with Crippen LogP contribution in [0, 0.1) is 5.92 Å². The molecule has 1 fully saturated rings. The fraction of sp³-hybridized carbons (Fsp3) is 0.818. The quantitative estimate of drug-likeness (QED) is 0.600. The second-order valence-electron chi connectivity index (χ2n) is 3.76. The highest BCUT2D eigenvalue weighted by Gasteiger charge is 2.23. The number of hydrogen-bond acceptors (Lipinski definition) is 1. The molecule has 70 valence electrons. The average Bonchev–Trinajstić information content (AvgIpc) is 2.87. The molecule has 0 heterocycles. The van der Waals surface area contributed by atoms with Crippen molar-refractivity contribution in [1.82, 2.24) is 5.32 Å². The zero-order valence-corrected chi connectivity index (χ0v) is 8.34. The highest BCUT2D eigenvalue weighted by Crippen LogP contribution is 2.33. The molecular weight excluding hydrogens is 146 g/mol. The van der Waals surface area contributed by atoms with Crippen molar-refractivity contribution in [2.45, 2.75) is 45.6 Å². The van der Waals surface area contributed by atoms with Gasteiger partial charge in [0.05, 0.1) is 0 Å². The molecule has 1 atom stereocenters. The van der Waals surface area contributed by atoms with Gasteiger partial charge in [0.1, 0.15) is 0 Å². The van der Waals surface area contributed by atoms with Crippen molar-refractivity contribution in [1.29, 1.82) is 0 Å². The van der Waals surface area contributed by atoms with Crippen molar-refractivity contribution in [3.8, 4) is 0 Å². The highest BCUT2D eigenvalue weighted by atomic mass is 14.9. The molecule has 1 heteroatoms. The van der Waals surface area contributed by atoms with Gasteiger partial charge in [-0.05, 0) is 25.7 Å². The first kappa shape index (κ1) is 9.79. The third kappa shape index (κ3) is 3.91. The summed E-state index contributed by atoms with van der Waals surface area (Å²) in [6, 6.07) is 0.758. The summed E-state index contributed by atoms with van der Waals surface area (Å²) in [5.74, 6) is 1.05. The van der Waals surface area contributed by atoms with Crippen LogP contribution in [0.15, 0.2) is 12.2 Å². The highest BCUT2D eigenvalue weighted by molar-refractivity contribution is 4.84. The first-order chi connectivity index (χ1) is 5.86. The topological polar surface area (TPSA) is 12.0 Å². The Balaban J connectivity index is 2.06. The minimum atomic E-state index is 0.758. The van der Waals surface area contributed by atoms with E-state index < -0.39 is 0 Å². The summed E-state index contributed by atoms with van der Waals surface area (Å²) in [6.45, 7) is 5.39. The second kappa shape index (κ2) is 5.36. The lowest BCUT2D eigenvalue weighted by Crippen LogP contribution is -2.28. The Hall–Kier alpha value is -0.300. The van der Waals surface area contributed by atoms with E-state index in [-0.39, 0.29) is 0 Å². The Morgan fingerprint density at radius 2 is 2.25 bits per heavy atom. The predicted molar refractivity (Wildman–Crippen MR) is 54.2 cm³/mol. The molecule has 1 nitrogen and oxygen atoms in total. The summed E-state index contributed by atoms with van der Waals surface area (Å²) in [6.07, 6.45) is 9.91. The minimum absolute atomic E-state index is 0.758. The Kier molecular flexibility index (Phi) is 4.37. The maximum atomic E-state index is 3.55. The summed E-state index contributed by atoms with van der Waals surface area (Å²) >= 11 is 0. The summed E-state index contributed by atoms with van der Waals surface area (Å²) in [4.78, 5) is 0. The van der Waals surface area contributed by atoms with Crippen molar-refractivity contribution in [3.05, 3.63) is 12.2 Å². The second-order valence-corrected chi connectivity index (χ2v) is 3.76. The molecule has 0 radical (unpaired) electrons. The van der Waals surface area contributed by atoms with Gasteiger partial charge in [0.15, 0.2) is 0 Å². The maximum Gasteiger partial charge on any atom is 0.0137 e. The lowest BCUT2D eigenvalue weighted by atomic mass is 10.1. The van der Waals surface area contributed by atoms with Gasteiger partial charge in [-0.1, -0.05) is 31.9 Å². The lowest BCUT2D eigenvalue weighted by Gasteiger charge is -2.14. The third-order valence-corrected chi connectivity index (χ3v) is 2.57. The van der Waals surface area contributed by atoms with E-state index in [4.69, 9.17) is 0 Å².